The van der Waals surface area contributed by atoms with Gasteiger partial charge in [-0.25, -0.2) is 4.68 Å². The van der Waals surface area contributed by atoms with Gasteiger partial charge in [0.15, 0.2) is 0 Å². The number of rotatable bonds is 3. The number of carbonyl (C=O) groups is 1. The van der Waals surface area contributed by atoms with Gasteiger partial charge in [0.2, 0.25) is 11.1 Å². The highest BCUT2D eigenvalue weighted by molar-refractivity contribution is 7.99. The smallest absolute Gasteiger partial charge is 0.248 e. The molecule has 0 atom stereocenters. The van der Waals surface area contributed by atoms with E-state index in [1.165, 1.54) is 23.1 Å². The fourth-order valence-corrected chi connectivity index (χ4v) is 2.36. The van der Waals surface area contributed by atoms with Crippen LogP contribution in [0.5, 0.6) is 0 Å². The van der Waals surface area contributed by atoms with E-state index in [1.54, 1.807) is 0 Å². The van der Waals surface area contributed by atoms with Crippen LogP contribution in [0.25, 0.3) is 0 Å². The van der Waals surface area contributed by atoms with Crippen LogP contribution in [0.2, 0.25) is 5.02 Å². The molecule has 0 spiro atoms. The van der Waals surface area contributed by atoms with Crippen molar-refractivity contribution in [1.82, 2.24) is 14.9 Å². The van der Waals surface area contributed by atoms with E-state index < -0.39 is 5.91 Å². The maximum Gasteiger partial charge on any atom is 0.248 e. The minimum absolute atomic E-state index is 0.246. The summed E-state index contributed by atoms with van der Waals surface area (Å²) in [6.45, 7) is 0. The maximum absolute atomic E-state index is 11.0. The molecule has 18 heavy (non-hydrogen) atoms. The summed E-state index contributed by atoms with van der Waals surface area (Å²) < 4.78 is 1.24. The molecule has 1 aromatic heterocycles. The third-order valence-corrected chi connectivity index (χ3v) is 3.64. The fraction of sp³-hybridized carbons (Fsp3) is 0. The van der Waals surface area contributed by atoms with Crippen molar-refractivity contribution in [1.29, 1.82) is 0 Å². The zero-order valence-electron chi connectivity index (χ0n) is 9.00. The second-order valence-corrected chi connectivity index (χ2v) is 4.75. The van der Waals surface area contributed by atoms with Crippen molar-refractivity contribution in [2.45, 2.75) is 10.1 Å². The standard InChI is InChI=1S/C9H9ClN6OS/c10-5-1-4(8(12)17)2-6(11)7(5)18-9-15-14-3-16(9)13/h1-3H,11,13H2,(H2,12,17). The van der Waals surface area contributed by atoms with Gasteiger partial charge in [-0.3, -0.25) is 4.79 Å². The maximum atomic E-state index is 11.0. The second kappa shape index (κ2) is 4.75. The second-order valence-electron chi connectivity index (χ2n) is 3.36. The highest BCUT2D eigenvalue weighted by Gasteiger charge is 2.14. The highest BCUT2D eigenvalue weighted by Crippen LogP contribution is 2.37. The summed E-state index contributed by atoms with van der Waals surface area (Å²) in [6.07, 6.45) is 1.35. The van der Waals surface area contributed by atoms with Gasteiger partial charge in [-0.15, -0.1) is 10.2 Å². The fourth-order valence-electron chi connectivity index (χ4n) is 1.26. The lowest BCUT2D eigenvalue weighted by molar-refractivity contribution is 0.100. The number of halogens is 1. The molecule has 9 heteroatoms. The Labute approximate surface area is 111 Å². The molecule has 0 unspecified atom stereocenters. The first-order valence-corrected chi connectivity index (χ1v) is 5.90. The van der Waals surface area contributed by atoms with Crippen LogP contribution in [0.1, 0.15) is 10.4 Å². The number of nitrogens with zero attached hydrogens (tertiary/aromatic N) is 3. The molecular formula is C9H9ClN6OS. The van der Waals surface area contributed by atoms with Gasteiger partial charge >= 0.3 is 0 Å². The van der Waals surface area contributed by atoms with Gasteiger partial charge in [0.25, 0.3) is 0 Å². The molecule has 7 nitrogen and oxygen atoms in total. The molecule has 0 aliphatic rings. The summed E-state index contributed by atoms with van der Waals surface area (Å²) in [5.74, 6) is 4.98. The van der Waals surface area contributed by atoms with E-state index in [0.29, 0.717) is 20.8 Å². The normalized spacial score (nSPS) is 10.5. The zero-order chi connectivity index (χ0) is 13.3. The summed E-state index contributed by atoms with van der Waals surface area (Å²) in [5, 5.41) is 8.16. The predicted octanol–water partition coefficient (Wildman–Crippen LogP) is 0.478. The predicted molar refractivity (Wildman–Crippen MR) is 68.7 cm³/mol. The Morgan fingerprint density at radius 2 is 2.17 bits per heavy atom. The molecule has 2 rings (SSSR count). The lowest BCUT2D eigenvalue weighted by Gasteiger charge is -2.08. The molecule has 0 saturated carbocycles. The summed E-state index contributed by atoms with van der Waals surface area (Å²) in [7, 11) is 0. The summed E-state index contributed by atoms with van der Waals surface area (Å²) in [5.41, 5.74) is 11.5. The van der Waals surface area contributed by atoms with E-state index in [1.807, 2.05) is 0 Å². The van der Waals surface area contributed by atoms with Crippen LogP contribution in [-0.4, -0.2) is 20.8 Å². The van der Waals surface area contributed by atoms with Crippen LogP contribution >= 0.6 is 23.4 Å². The number of nitrogens with two attached hydrogens (primary N) is 3. The largest absolute Gasteiger partial charge is 0.398 e. The van der Waals surface area contributed by atoms with Crippen molar-refractivity contribution < 1.29 is 4.79 Å². The number of hydrogen-bond acceptors (Lipinski definition) is 6. The average Bonchev–Trinajstić information content (AvgIpc) is 2.69. The molecular weight excluding hydrogens is 276 g/mol. The molecule has 6 N–H and O–H groups in total. The van der Waals surface area contributed by atoms with E-state index in [9.17, 15) is 4.79 Å². The van der Waals surface area contributed by atoms with E-state index in [4.69, 9.17) is 28.9 Å². The van der Waals surface area contributed by atoms with Crippen molar-refractivity contribution in [3.63, 3.8) is 0 Å². The van der Waals surface area contributed by atoms with Gasteiger partial charge in [-0.2, -0.15) is 0 Å². The number of aromatic nitrogens is 3. The first-order valence-electron chi connectivity index (χ1n) is 4.71. The number of hydrogen-bond donors (Lipinski definition) is 3. The zero-order valence-corrected chi connectivity index (χ0v) is 10.6. The Bertz CT molecular complexity index is 590. The lowest BCUT2D eigenvalue weighted by Crippen LogP contribution is -2.12. The van der Waals surface area contributed by atoms with Crippen molar-refractivity contribution in [3.05, 3.63) is 29.0 Å². The monoisotopic (exact) mass is 284 g/mol. The number of anilines is 1. The third kappa shape index (κ3) is 2.34. The van der Waals surface area contributed by atoms with E-state index in [2.05, 4.69) is 10.2 Å². The van der Waals surface area contributed by atoms with Crippen LogP contribution in [0, 0.1) is 0 Å². The summed E-state index contributed by atoms with van der Waals surface area (Å²) in [4.78, 5) is 11.6. The first-order chi connectivity index (χ1) is 8.49. The van der Waals surface area contributed by atoms with E-state index in [-0.39, 0.29) is 5.56 Å². The van der Waals surface area contributed by atoms with E-state index >= 15 is 0 Å². The van der Waals surface area contributed by atoms with Gasteiger partial charge < -0.3 is 17.3 Å². The van der Waals surface area contributed by atoms with Gasteiger partial charge in [-0.05, 0) is 23.9 Å². The molecule has 0 fully saturated rings. The molecule has 2 aromatic rings. The Kier molecular flexibility index (Phi) is 3.30. The molecule has 1 heterocycles. The third-order valence-electron chi connectivity index (χ3n) is 2.09. The van der Waals surface area contributed by atoms with Crippen molar-refractivity contribution in [2.75, 3.05) is 11.6 Å². The van der Waals surface area contributed by atoms with Crippen molar-refractivity contribution >= 4 is 35.0 Å². The number of primary amides is 1. The molecule has 0 radical (unpaired) electrons. The number of nitrogen functional groups attached to an aromatic ring is 2. The highest BCUT2D eigenvalue weighted by atomic mass is 35.5. The molecule has 0 bridgehead atoms. The van der Waals surface area contributed by atoms with Crippen LogP contribution in [0.4, 0.5) is 5.69 Å². The van der Waals surface area contributed by atoms with Gasteiger partial charge in [-0.1, -0.05) is 11.6 Å². The van der Waals surface area contributed by atoms with Crippen molar-refractivity contribution in [2.24, 2.45) is 5.73 Å². The van der Waals surface area contributed by atoms with Gasteiger partial charge in [0, 0.05) is 11.3 Å². The number of benzene rings is 1. The minimum Gasteiger partial charge on any atom is -0.398 e. The molecule has 94 valence electrons. The Morgan fingerprint density at radius 3 is 2.67 bits per heavy atom. The van der Waals surface area contributed by atoms with Crippen LogP contribution < -0.4 is 17.3 Å². The number of carbonyl (C=O) groups excluding carboxylic acids is 1. The molecule has 1 amide bonds. The first kappa shape index (κ1) is 12.5. The Hall–Kier alpha value is -1.93. The molecule has 1 aromatic carbocycles. The quantitative estimate of drug-likeness (QED) is 0.556. The molecule has 0 saturated heterocycles. The average molecular weight is 285 g/mol. The van der Waals surface area contributed by atoms with Crippen LogP contribution in [0.3, 0.4) is 0 Å². The summed E-state index contributed by atoms with van der Waals surface area (Å²) in [6, 6.07) is 2.90. The van der Waals surface area contributed by atoms with Gasteiger partial charge in [0.05, 0.1) is 9.92 Å². The Morgan fingerprint density at radius 1 is 1.44 bits per heavy atom. The van der Waals surface area contributed by atoms with Crippen molar-refractivity contribution in [3.8, 4) is 0 Å². The van der Waals surface area contributed by atoms with Crippen LogP contribution in [0.15, 0.2) is 28.5 Å². The number of amides is 1. The molecule has 0 aliphatic heterocycles. The molecule has 0 aliphatic carbocycles. The van der Waals surface area contributed by atoms with E-state index in [0.717, 1.165) is 11.8 Å². The topological polar surface area (TPSA) is 126 Å². The summed E-state index contributed by atoms with van der Waals surface area (Å²) >= 11 is 7.19. The minimum atomic E-state index is -0.595. The van der Waals surface area contributed by atoms with Gasteiger partial charge in [0.1, 0.15) is 6.33 Å². The SMILES string of the molecule is NC(=O)c1cc(N)c(Sc2nncn2N)c(Cl)c1. The van der Waals surface area contributed by atoms with Crippen LogP contribution in [-0.2, 0) is 0 Å². The lowest BCUT2D eigenvalue weighted by atomic mass is 10.2. The Balaban J connectivity index is 2.40.